The fraction of sp³-hybridized carbons (Fsp3) is 0.357. The van der Waals surface area contributed by atoms with Gasteiger partial charge in [-0.15, -0.1) is 0 Å². The third kappa shape index (κ3) is 2.33. The summed E-state index contributed by atoms with van der Waals surface area (Å²) in [6.45, 7) is 3.17. The fourth-order valence-electron chi connectivity index (χ4n) is 2.32. The molecule has 0 N–H and O–H groups in total. The largest absolute Gasteiger partial charge is 0.355 e. The molecule has 0 amide bonds. The second kappa shape index (κ2) is 4.62. The minimum Gasteiger partial charge on any atom is -0.355 e. The van der Waals surface area contributed by atoms with E-state index in [0.717, 1.165) is 25.5 Å². The maximum Gasteiger partial charge on any atom is 0.150 e. The van der Waals surface area contributed by atoms with Crippen molar-refractivity contribution in [2.75, 3.05) is 18.0 Å². The second-order valence-corrected chi connectivity index (χ2v) is 4.55. The highest BCUT2D eigenvalue weighted by Crippen LogP contribution is 2.17. The SMILES string of the molecule is c1ccc(Cn2ccc(N3CCCC3)n2)cc1. The lowest BCUT2D eigenvalue weighted by atomic mass is 10.2. The lowest BCUT2D eigenvalue weighted by Gasteiger charge is -2.13. The van der Waals surface area contributed by atoms with Gasteiger partial charge in [0.1, 0.15) is 0 Å². The Hall–Kier alpha value is -1.77. The van der Waals surface area contributed by atoms with Gasteiger partial charge in [0, 0.05) is 25.4 Å². The van der Waals surface area contributed by atoms with Gasteiger partial charge >= 0.3 is 0 Å². The van der Waals surface area contributed by atoms with E-state index in [1.807, 2.05) is 10.7 Å². The first-order chi connectivity index (χ1) is 8.42. The van der Waals surface area contributed by atoms with Crippen molar-refractivity contribution in [1.82, 2.24) is 9.78 Å². The first kappa shape index (κ1) is 10.4. The lowest BCUT2D eigenvalue weighted by molar-refractivity contribution is 0.681. The molecule has 2 heterocycles. The molecule has 17 heavy (non-hydrogen) atoms. The maximum absolute atomic E-state index is 4.63. The topological polar surface area (TPSA) is 21.1 Å². The molecule has 3 nitrogen and oxygen atoms in total. The summed E-state index contributed by atoms with van der Waals surface area (Å²) in [6.07, 6.45) is 4.66. The van der Waals surface area contributed by atoms with E-state index < -0.39 is 0 Å². The van der Waals surface area contributed by atoms with Gasteiger partial charge in [-0.3, -0.25) is 4.68 Å². The summed E-state index contributed by atoms with van der Waals surface area (Å²) >= 11 is 0. The summed E-state index contributed by atoms with van der Waals surface area (Å²) in [5, 5.41) is 4.63. The van der Waals surface area contributed by atoms with Crippen LogP contribution in [0.3, 0.4) is 0 Å². The van der Waals surface area contributed by atoms with Gasteiger partial charge in [-0.2, -0.15) is 5.10 Å². The van der Waals surface area contributed by atoms with E-state index in [1.165, 1.54) is 18.4 Å². The third-order valence-corrected chi connectivity index (χ3v) is 3.24. The van der Waals surface area contributed by atoms with Gasteiger partial charge in [0.15, 0.2) is 5.82 Å². The molecule has 2 aromatic rings. The molecular weight excluding hydrogens is 210 g/mol. The summed E-state index contributed by atoms with van der Waals surface area (Å²) in [4.78, 5) is 2.36. The molecule has 88 valence electrons. The zero-order valence-electron chi connectivity index (χ0n) is 9.92. The minimum absolute atomic E-state index is 0.856. The van der Waals surface area contributed by atoms with Gasteiger partial charge in [-0.1, -0.05) is 30.3 Å². The van der Waals surface area contributed by atoms with Crippen LogP contribution in [0, 0.1) is 0 Å². The third-order valence-electron chi connectivity index (χ3n) is 3.24. The summed E-state index contributed by atoms with van der Waals surface area (Å²) in [5.74, 6) is 1.12. The molecule has 1 aliphatic rings. The van der Waals surface area contributed by atoms with E-state index in [4.69, 9.17) is 0 Å². The summed E-state index contributed by atoms with van der Waals surface area (Å²) in [5.41, 5.74) is 1.29. The van der Waals surface area contributed by atoms with Crippen LogP contribution < -0.4 is 4.90 Å². The minimum atomic E-state index is 0.856. The molecule has 1 aromatic heterocycles. The van der Waals surface area contributed by atoms with Crippen molar-refractivity contribution >= 4 is 5.82 Å². The van der Waals surface area contributed by atoms with Crippen LogP contribution in [0.15, 0.2) is 42.6 Å². The van der Waals surface area contributed by atoms with Crippen LogP contribution in [-0.2, 0) is 6.54 Å². The number of hydrogen-bond donors (Lipinski definition) is 0. The average molecular weight is 227 g/mol. The highest BCUT2D eigenvalue weighted by molar-refractivity contribution is 5.37. The van der Waals surface area contributed by atoms with Crippen LogP contribution in [-0.4, -0.2) is 22.9 Å². The number of hydrogen-bond acceptors (Lipinski definition) is 2. The van der Waals surface area contributed by atoms with Crippen LogP contribution in [0.5, 0.6) is 0 Å². The molecule has 0 atom stereocenters. The molecule has 0 saturated carbocycles. The van der Waals surface area contributed by atoms with E-state index >= 15 is 0 Å². The van der Waals surface area contributed by atoms with Crippen LogP contribution >= 0.6 is 0 Å². The fourth-order valence-corrected chi connectivity index (χ4v) is 2.32. The molecule has 1 aromatic carbocycles. The number of benzene rings is 1. The first-order valence-electron chi connectivity index (χ1n) is 6.24. The molecule has 3 rings (SSSR count). The van der Waals surface area contributed by atoms with Crippen LogP contribution in [0.1, 0.15) is 18.4 Å². The maximum atomic E-state index is 4.63. The highest BCUT2D eigenvalue weighted by atomic mass is 15.3. The molecule has 0 bridgehead atoms. The van der Waals surface area contributed by atoms with Crippen LogP contribution in [0.25, 0.3) is 0 Å². The first-order valence-corrected chi connectivity index (χ1v) is 6.24. The standard InChI is InChI=1S/C14H17N3/c1-2-6-13(7-3-1)12-17-11-8-14(15-17)16-9-4-5-10-16/h1-3,6-8,11H,4-5,9-10,12H2. The van der Waals surface area contributed by atoms with Crippen molar-refractivity contribution < 1.29 is 0 Å². The predicted octanol–water partition coefficient (Wildman–Crippen LogP) is 2.53. The molecule has 0 radical (unpaired) electrons. The van der Waals surface area contributed by atoms with Crippen molar-refractivity contribution in [2.24, 2.45) is 0 Å². The molecule has 0 unspecified atom stereocenters. The Bertz CT molecular complexity index is 469. The molecular formula is C14H17N3. The Morgan fingerprint density at radius 1 is 1.00 bits per heavy atom. The Morgan fingerprint density at radius 2 is 1.76 bits per heavy atom. The number of rotatable bonds is 3. The number of aromatic nitrogens is 2. The Kier molecular flexibility index (Phi) is 2.82. The average Bonchev–Trinajstić information content (AvgIpc) is 3.00. The normalized spacial score (nSPS) is 15.4. The zero-order valence-corrected chi connectivity index (χ0v) is 9.92. The van der Waals surface area contributed by atoms with Crippen molar-refractivity contribution in [3.8, 4) is 0 Å². The summed E-state index contributed by atoms with van der Waals surface area (Å²) in [7, 11) is 0. The monoisotopic (exact) mass is 227 g/mol. The predicted molar refractivity (Wildman–Crippen MR) is 69.2 cm³/mol. The Morgan fingerprint density at radius 3 is 2.53 bits per heavy atom. The van der Waals surface area contributed by atoms with Crippen molar-refractivity contribution in [2.45, 2.75) is 19.4 Å². The quantitative estimate of drug-likeness (QED) is 0.803. The van der Waals surface area contributed by atoms with E-state index in [-0.39, 0.29) is 0 Å². The molecule has 0 aliphatic carbocycles. The van der Waals surface area contributed by atoms with Crippen molar-refractivity contribution in [1.29, 1.82) is 0 Å². The zero-order chi connectivity index (χ0) is 11.5. The Balaban J connectivity index is 1.72. The van der Waals surface area contributed by atoms with E-state index in [0.29, 0.717) is 0 Å². The second-order valence-electron chi connectivity index (χ2n) is 4.55. The van der Waals surface area contributed by atoms with Crippen molar-refractivity contribution in [3.05, 3.63) is 48.2 Å². The van der Waals surface area contributed by atoms with E-state index in [2.05, 4.69) is 46.5 Å². The molecule has 1 aliphatic heterocycles. The smallest absolute Gasteiger partial charge is 0.150 e. The van der Waals surface area contributed by atoms with Gasteiger partial charge < -0.3 is 4.90 Å². The van der Waals surface area contributed by atoms with Gasteiger partial charge in [-0.05, 0) is 18.4 Å². The van der Waals surface area contributed by atoms with Gasteiger partial charge in [0.2, 0.25) is 0 Å². The molecule has 1 saturated heterocycles. The highest BCUT2D eigenvalue weighted by Gasteiger charge is 2.14. The number of anilines is 1. The van der Waals surface area contributed by atoms with Crippen LogP contribution in [0.2, 0.25) is 0 Å². The lowest BCUT2D eigenvalue weighted by Crippen LogP contribution is -2.18. The van der Waals surface area contributed by atoms with Gasteiger partial charge in [0.25, 0.3) is 0 Å². The van der Waals surface area contributed by atoms with Crippen molar-refractivity contribution in [3.63, 3.8) is 0 Å². The van der Waals surface area contributed by atoms with E-state index in [1.54, 1.807) is 0 Å². The van der Waals surface area contributed by atoms with E-state index in [9.17, 15) is 0 Å². The molecule has 3 heteroatoms. The Labute approximate surface area is 102 Å². The number of nitrogens with zero attached hydrogens (tertiary/aromatic N) is 3. The van der Waals surface area contributed by atoms with Gasteiger partial charge in [0.05, 0.1) is 6.54 Å². The molecule has 0 spiro atoms. The van der Waals surface area contributed by atoms with Gasteiger partial charge in [-0.25, -0.2) is 0 Å². The molecule has 1 fully saturated rings. The van der Waals surface area contributed by atoms with Crippen LogP contribution in [0.4, 0.5) is 5.82 Å². The summed E-state index contributed by atoms with van der Waals surface area (Å²) in [6, 6.07) is 12.6. The summed E-state index contributed by atoms with van der Waals surface area (Å²) < 4.78 is 2.02.